The number of amides is 2. The molecule has 2 amide bonds. The molecule has 8 heteroatoms. The van der Waals surface area contributed by atoms with E-state index >= 15 is 0 Å². The van der Waals surface area contributed by atoms with Gasteiger partial charge in [0.25, 0.3) is 11.8 Å². The van der Waals surface area contributed by atoms with Gasteiger partial charge in [0.15, 0.2) is 0 Å². The highest BCUT2D eigenvalue weighted by molar-refractivity contribution is 6.06. The molecule has 0 unspecified atom stereocenters. The maximum Gasteiger partial charge on any atom is 0.417 e. The fourth-order valence-corrected chi connectivity index (χ4v) is 2.20. The Labute approximate surface area is 141 Å². The zero-order chi connectivity index (χ0) is 18.6. The topological polar surface area (TPSA) is 67.4 Å². The summed E-state index contributed by atoms with van der Waals surface area (Å²) in [5.41, 5.74) is -1.11. The third-order valence-corrected chi connectivity index (χ3v) is 3.42. The Morgan fingerprint density at radius 1 is 1.04 bits per heavy atom. The summed E-state index contributed by atoms with van der Waals surface area (Å²) >= 11 is 0. The van der Waals surface area contributed by atoms with Crippen molar-refractivity contribution in [3.8, 4) is 5.75 Å². The number of hydrogen-bond donors (Lipinski definition) is 2. The summed E-state index contributed by atoms with van der Waals surface area (Å²) in [6.45, 7) is 0. The number of nitrogens with one attached hydrogen (secondary N) is 2. The molecule has 0 aliphatic carbocycles. The largest absolute Gasteiger partial charge is 0.495 e. The first-order valence-electron chi connectivity index (χ1n) is 7.15. The lowest BCUT2D eigenvalue weighted by molar-refractivity contribution is -0.137. The smallest absolute Gasteiger partial charge is 0.417 e. The van der Waals surface area contributed by atoms with Gasteiger partial charge in [0, 0.05) is 12.6 Å². The number of rotatable bonds is 4. The number of methoxy groups -OCH3 is 1. The van der Waals surface area contributed by atoms with Gasteiger partial charge in [0.05, 0.1) is 23.9 Å². The van der Waals surface area contributed by atoms with Crippen molar-refractivity contribution in [1.29, 1.82) is 0 Å². The summed E-state index contributed by atoms with van der Waals surface area (Å²) in [6, 6.07) is 8.66. The predicted octanol–water partition coefficient (Wildman–Crippen LogP) is 3.33. The third kappa shape index (κ3) is 4.09. The Morgan fingerprint density at radius 2 is 1.72 bits per heavy atom. The molecule has 0 radical (unpaired) electrons. The predicted molar refractivity (Wildman–Crippen MR) is 85.8 cm³/mol. The average molecular weight is 352 g/mol. The lowest BCUT2D eigenvalue weighted by Crippen LogP contribution is -2.20. The van der Waals surface area contributed by atoms with Crippen LogP contribution in [-0.2, 0) is 6.18 Å². The monoisotopic (exact) mass is 352 g/mol. The Hall–Kier alpha value is -3.03. The van der Waals surface area contributed by atoms with Crippen molar-refractivity contribution in [3.05, 3.63) is 59.2 Å². The fourth-order valence-electron chi connectivity index (χ4n) is 2.20. The zero-order valence-electron chi connectivity index (χ0n) is 13.4. The molecule has 2 aromatic carbocycles. The minimum absolute atomic E-state index is 0.150. The van der Waals surface area contributed by atoms with Gasteiger partial charge in [-0.3, -0.25) is 9.59 Å². The second kappa shape index (κ2) is 7.25. The Kier molecular flexibility index (Phi) is 5.31. The second-order valence-corrected chi connectivity index (χ2v) is 4.99. The van der Waals surface area contributed by atoms with Crippen molar-refractivity contribution in [3.63, 3.8) is 0 Å². The summed E-state index contributed by atoms with van der Waals surface area (Å²) in [5.74, 6) is -1.14. The highest BCUT2D eigenvalue weighted by atomic mass is 19.4. The minimum Gasteiger partial charge on any atom is -0.495 e. The van der Waals surface area contributed by atoms with Crippen molar-refractivity contribution >= 4 is 17.5 Å². The van der Waals surface area contributed by atoms with Crippen molar-refractivity contribution in [1.82, 2.24) is 5.32 Å². The van der Waals surface area contributed by atoms with Crippen LogP contribution in [-0.4, -0.2) is 26.0 Å². The van der Waals surface area contributed by atoms with Crippen molar-refractivity contribution in [2.45, 2.75) is 6.18 Å². The zero-order valence-corrected chi connectivity index (χ0v) is 13.4. The van der Waals surface area contributed by atoms with Gasteiger partial charge in [0.1, 0.15) is 5.75 Å². The van der Waals surface area contributed by atoms with Crippen LogP contribution in [0.1, 0.15) is 26.3 Å². The quantitative estimate of drug-likeness (QED) is 0.887. The number of carbonyl (C=O) groups is 2. The molecule has 0 atom stereocenters. The van der Waals surface area contributed by atoms with E-state index in [1.807, 2.05) is 0 Å². The van der Waals surface area contributed by atoms with Crippen LogP contribution < -0.4 is 15.4 Å². The molecule has 2 aromatic rings. The molecule has 132 valence electrons. The summed E-state index contributed by atoms with van der Waals surface area (Å²) in [6.07, 6.45) is -4.65. The van der Waals surface area contributed by atoms with Crippen molar-refractivity contribution in [2.24, 2.45) is 0 Å². The highest BCUT2D eigenvalue weighted by Gasteiger charge is 2.34. The number of ether oxygens (including phenoxy) is 1. The normalized spacial score (nSPS) is 10.9. The molecule has 5 nitrogen and oxygen atoms in total. The molecule has 0 saturated heterocycles. The molecule has 0 bridgehead atoms. The summed E-state index contributed by atoms with van der Waals surface area (Å²) in [4.78, 5) is 23.9. The average Bonchev–Trinajstić information content (AvgIpc) is 2.60. The maximum absolute atomic E-state index is 13.0. The molecule has 0 saturated carbocycles. The molecule has 0 aliphatic rings. The molecule has 0 aromatic heterocycles. The number of hydrogen-bond acceptors (Lipinski definition) is 3. The molecule has 2 N–H and O–H groups in total. The van der Waals surface area contributed by atoms with Crippen LogP contribution in [0.3, 0.4) is 0 Å². The van der Waals surface area contributed by atoms with E-state index in [9.17, 15) is 22.8 Å². The van der Waals surface area contributed by atoms with Crippen LogP contribution in [0.15, 0.2) is 42.5 Å². The Bertz CT molecular complexity index is 804. The summed E-state index contributed by atoms with van der Waals surface area (Å²) in [7, 11) is 2.78. The van der Waals surface area contributed by atoms with Crippen molar-refractivity contribution in [2.75, 3.05) is 19.5 Å². The van der Waals surface area contributed by atoms with Crippen molar-refractivity contribution < 1.29 is 27.5 Å². The molecular formula is C17H15F3N2O3. The van der Waals surface area contributed by atoms with Crippen LogP contribution in [0.4, 0.5) is 18.9 Å². The van der Waals surface area contributed by atoms with Gasteiger partial charge < -0.3 is 15.4 Å². The number of anilines is 1. The van der Waals surface area contributed by atoms with Crippen LogP contribution in [0.2, 0.25) is 0 Å². The summed E-state index contributed by atoms with van der Waals surface area (Å²) < 4.78 is 44.2. The second-order valence-electron chi connectivity index (χ2n) is 4.99. The number of carbonyl (C=O) groups excluding carboxylic acids is 2. The fraction of sp³-hybridized carbons (Fsp3) is 0.176. The van der Waals surface area contributed by atoms with E-state index in [-0.39, 0.29) is 22.9 Å². The van der Waals surface area contributed by atoms with E-state index in [2.05, 4.69) is 10.6 Å². The first-order chi connectivity index (χ1) is 11.8. The summed E-state index contributed by atoms with van der Waals surface area (Å²) in [5, 5.41) is 4.81. The van der Waals surface area contributed by atoms with E-state index in [0.29, 0.717) is 0 Å². The number of alkyl halides is 3. The highest BCUT2D eigenvalue weighted by Crippen LogP contribution is 2.33. The van der Waals surface area contributed by atoms with Crippen LogP contribution in [0.5, 0.6) is 5.75 Å². The Morgan fingerprint density at radius 3 is 2.32 bits per heavy atom. The number of benzene rings is 2. The Balaban J connectivity index is 2.35. The third-order valence-electron chi connectivity index (χ3n) is 3.42. The van der Waals surface area contributed by atoms with Crippen LogP contribution >= 0.6 is 0 Å². The molecule has 2 rings (SSSR count). The lowest BCUT2D eigenvalue weighted by atomic mass is 10.1. The molecular weight excluding hydrogens is 337 g/mol. The van der Waals surface area contributed by atoms with Gasteiger partial charge in [-0.1, -0.05) is 12.1 Å². The lowest BCUT2D eigenvalue weighted by Gasteiger charge is -2.14. The molecule has 0 spiro atoms. The van der Waals surface area contributed by atoms with Gasteiger partial charge in [0.2, 0.25) is 0 Å². The van der Waals surface area contributed by atoms with Gasteiger partial charge >= 0.3 is 6.18 Å². The number of halogens is 3. The maximum atomic E-state index is 13.0. The van der Waals surface area contributed by atoms with Gasteiger partial charge in [-0.05, 0) is 30.3 Å². The molecule has 0 fully saturated rings. The first kappa shape index (κ1) is 18.3. The van der Waals surface area contributed by atoms with E-state index in [1.165, 1.54) is 44.5 Å². The van der Waals surface area contributed by atoms with E-state index in [1.54, 1.807) is 0 Å². The standard InChI is InChI=1S/C17H15F3N2O3/c1-21-15(23)10-7-8-13(14(9-10)25-2)22-16(24)11-5-3-4-6-12(11)17(18,19)20/h3-9H,1-2H3,(H,21,23)(H,22,24). The van der Waals surface area contributed by atoms with E-state index in [0.717, 1.165) is 12.1 Å². The SMILES string of the molecule is CNC(=O)c1ccc(NC(=O)c2ccccc2C(F)(F)F)c(OC)c1. The van der Waals surface area contributed by atoms with E-state index in [4.69, 9.17) is 4.74 Å². The molecule has 0 aliphatic heterocycles. The first-order valence-corrected chi connectivity index (χ1v) is 7.15. The minimum atomic E-state index is -4.65. The van der Waals surface area contributed by atoms with Gasteiger partial charge in [-0.25, -0.2) is 0 Å². The van der Waals surface area contributed by atoms with Gasteiger partial charge in [-0.2, -0.15) is 13.2 Å². The van der Waals surface area contributed by atoms with Crippen LogP contribution in [0.25, 0.3) is 0 Å². The molecule has 25 heavy (non-hydrogen) atoms. The molecule has 0 heterocycles. The van der Waals surface area contributed by atoms with E-state index < -0.39 is 23.2 Å². The van der Waals surface area contributed by atoms with Gasteiger partial charge in [-0.15, -0.1) is 0 Å². The van der Waals surface area contributed by atoms with Crippen LogP contribution in [0, 0.1) is 0 Å².